The summed E-state index contributed by atoms with van der Waals surface area (Å²) in [5.74, 6) is 0. The van der Waals surface area contributed by atoms with Gasteiger partial charge in [0.2, 0.25) is 0 Å². The number of carbonyl (C=O) groups is 1. The second kappa shape index (κ2) is 36.8. The van der Waals surface area contributed by atoms with Gasteiger partial charge in [0.05, 0.1) is 4.88 Å². The van der Waals surface area contributed by atoms with Crippen LogP contribution in [0.15, 0.2) is 34.3 Å². The number of unbranched alkanes of at least 4 members (excludes halogenated alkanes) is 27. The number of thiophene rings is 3. The Bertz CT molecular complexity index is 1210. The first-order valence-electron chi connectivity index (χ1n) is 23.6. The zero-order valence-corrected chi connectivity index (χ0v) is 38.6. The van der Waals surface area contributed by atoms with Gasteiger partial charge in [-0.2, -0.15) is 0 Å². The molecular formula is C51H84OS3. The van der Waals surface area contributed by atoms with Crippen molar-refractivity contribution in [2.24, 2.45) is 0 Å². The third kappa shape index (κ3) is 26.2. The molecule has 0 radical (unpaired) electrons. The molecule has 312 valence electrons. The highest BCUT2D eigenvalue weighted by molar-refractivity contribution is 7.12. The lowest BCUT2D eigenvalue weighted by atomic mass is 10.0. The Kier molecular flexibility index (Phi) is 33.2. The molecule has 0 atom stereocenters. The highest BCUT2D eigenvalue weighted by atomic mass is 32.1. The van der Waals surface area contributed by atoms with Crippen LogP contribution in [0.4, 0.5) is 0 Å². The number of carbonyl (C=O) groups excluding carboxylic acids is 1. The summed E-state index contributed by atoms with van der Waals surface area (Å²) < 4.78 is 0. The van der Waals surface area contributed by atoms with Crippen LogP contribution in [0.25, 0.3) is 12.2 Å². The zero-order chi connectivity index (χ0) is 39.3. The van der Waals surface area contributed by atoms with Crippen LogP contribution in [0, 0.1) is 0 Å². The van der Waals surface area contributed by atoms with E-state index in [1.54, 1.807) is 22.5 Å². The minimum Gasteiger partial charge on any atom is -0.297 e. The highest BCUT2D eigenvalue weighted by Gasteiger charge is 2.06. The molecule has 0 N–H and O–H groups in total. The first kappa shape index (κ1) is 49.7. The van der Waals surface area contributed by atoms with E-state index < -0.39 is 0 Å². The maximum absolute atomic E-state index is 10.8. The predicted octanol–water partition coefficient (Wildman–Crippen LogP) is 18.9. The maximum Gasteiger partial charge on any atom is 0.160 e. The van der Waals surface area contributed by atoms with Crippen molar-refractivity contribution in [1.82, 2.24) is 0 Å². The molecule has 0 aliphatic carbocycles. The van der Waals surface area contributed by atoms with E-state index >= 15 is 0 Å². The highest BCUT2D eigenvalue weighted by Crippen LogP contribution is 2.26. The van der Waals surface area contributed by atoms with E-state index in [9.17, 15) is 4.79 Å². The van der Waals surface area contributed by atoms with Gasteiger partial charge >= 0.3 is 0 Å². The molecule has 3 aromatic heterocycles. The molecule has 0 fully saturated rings. The molecule has 1 nitrogen and oxygen atoms in total. The summed E-state index contributed by atoms with van der Waals surface area (Å²) in [4.78, 5) is 14.7. The van der Waals surface area contributed by atoms with Gasteiger partial charge in [0.25, 0.3) is 0 Å². The molecule has 0 saturated heterocycles. The summed E-state index contributed by atoms with van der Waals surface area (Å²) in [5.41, 5.74) is 4.37. The maximum atomic E-state index is 10.8. The molecule has 0 bridgehead atoms. The smallest absolute Gasteiger partial charge is 0.160 e. The topological polar surface area (TPSA) is 17.1 Å². The second-order valence-corrected chi connectivity index (χ2v) is 19.0. The fourth-order valence-corrected chi connectivity index (χ4v) is 10.1. The summed E-state index contributed by atoms with van der Waals surface area (Å²) in [6.45, 7) is 6.87. The van der Waals surface area contributed by atoms with Crippen LogP contribution in [-0.2, 0) is 19.3 Å². The Hall–Kier alpha value is -1.49. The van der Waals surface area contributed by atoms with Gasteiger partial charge in [0, 0.05) is 9.75 Å². The summed E-state index contributed by atoms with van der Waals surface area (Å²) in [5, 5.41) is 6.59. The quantitative estimate of drug-likeness (QED) is 0.0422. The number of aryl methyl sites for hydroxylation is 3. The molecule has 0 aromatic carbocycles. The van der Waals surface area contributed by atoms with Gasteiger partial charge < -0.3 is 0 Å². The van der Waals surface area contributed by atoms with Crippen LogP contribution in [0.1, 0.15) is 250 Å². The van der Waals surface area contributed by atoms with Crippen molar-refractivity contribution in [2.45, 2.75) is 233 Å². The van der Waals surface area contributed by atoms with E-state index in [1.165, 1.54) is 221 Å². The largest absolute Gasteiger partial charge is 0.297 e. The predicted molar refractivity (Wildman–Crippen MR) is 254 cm³/mol. The molecule has 0 aliphatic rings. The second-order valence-electron chi connectivity index (χ2n) is 16.2. The van der Waals surface area contributed by atoms with Crippen molar-refractivity contribution >= 4 is 52.4 Å². The summed E-state index contributed by atoms with van der Waals surface area (Å²) in [6, 6.07) is 6.82. The van der Waals surface area contributed by atoms with Gasteiger partial charge in [0.15, 0.2) is 6.29 Å². The van der Waals surface area contributed by atoms with Crippen LogP contribution in [0.3, 0.4) is 0 Å². The Morgan fingerprint density at radius 3 is 0.855 bits per heavy atom. The van der Waals surface area contributed by atoms with Crippen molar-refractivity contribution in [3.05, 3.63) is 65.7 Å². The Morgan fingerprint density at radius 1 is 0.345 bits per heavy atom. The Balaban J connectivity index is 0.000000462. The number of hydrogen-bond donors (Lipinski definition) is 0. The van der Waals surface area contributed by atoms with E-state index in [-0.39, 0.29) is 0 Å². The lowest BCUT2D eigenvalue weighted by molar-refractivity contribution is 0.112. The first-order chi connectivity index (χ1) is 27.2. The number of rotatable bonds is 36. The molecule has 4 heteroatoms. The Morgan fingerprint density at radius 2 is 0.582 bits per heavy atom. The van der Waals surface area contributed by atoms with E-state index in [2.05, 4.69) is 61.9 Å². The van der Waals surface area contributed by atoms with Crippen LogP contribution in [0.5, 0.6) is 0 Å². The molecule has 0 saturated carbocycles. The molecular weight excluding hydrogens is 725 g/mol. The molecule has 0 amide bonds. The zero-order valence-electron chi connectivity index (χ0n) is 36.2. The molecule has 0 unspecified atom stereocenters. The minimum atomic E-state index is 0.927. The van der Waals surface area contributed by atoms with Gasteiger partial charge in [-0.05, 0) is 102 Å². The number of hydrogen-bond acceptors (Lipinski definition) is 4. The molecule has 3 heterocycles. The van der Waals surface area contributed by atoms with Crippen molar-refractivity contribution in [1.29, 1.82) is 0 Å². The summed E-state index contributed by atoms with van der Waals surface area (Å²) in [7, 11) is 0. The third-order valence-corrected chi connectivity index (χ3v) is 14.0. The molecule has 3 rings (SSSR count). The van der Waals surface area contributed by atoms with Crippen LogP contribution in [-0.4, -0.2) is 6.29 Å². The fraction of sp³-hybridized carbons (Fsp3) is 0.706. The van der Waals surface area contributed by atoms with Crippen molar-refractivity contribution < 1.29 is 4.79 Å². The van der Waals surface area contributed by atoms with Crippen molar-refractivity contribution in [3.63, 3.8) is 0 Å². The number of aldehydes is 1. The van der Waals surface area contributed by atoms with Gasteiger partial charge in [0.1, 0.15) is 0 Å². The molecule has 0 spiro atoms. The average Bonchev–Trinajstić information content (AvgIpc) is 3.98. The van der Waals surface area contributed by atoms with Crippen LogP contribution >= 0.6 is 34.0 Å². The van der Waals surface area contributed by atoms with E-state index in [1.807, 2.05) is 28.1 Å². The van der Waals surface area contributed by atoms with Crippen molar-refractivity contribution in [3.8, 4) is 0 Å². The SMILES string of the molecule is CCCCCCCCCCCCc1ccsc1/C=C/c1sccc1CCCCCCCCCCCC.CCCCCCCCCCCCc1ccsc1C=O. The minimum absolute atomic E-state index is 0.927. The van der Waals surface area contributed by atoms with Gasteiger partial charge in [-0.3, -0.25) is 4.79 Å². The van der Waals surface area contributed by atoms with Gasteiger partial charge in [-0.25, -0.2) is 0 Å². The summed E-state index contributed by atoms with van der Waals surface area (Å²) >= 11 is 5.39. The van der Waals surface area contributed by atoms with Gasteiger partial charge in [-0.1, -0.05) is 194 Å². The average molecular weight is 809 g/mol. The summed E-state index contributed by atoms with van der Waals surface area (Å²) in [6.07, 6.45) is 51.3. The van der Waals surface area contributed by atoms with E-state index in [4.69, 9.17) is 0 Å². The lowest BCUT2D eigenvalue weighted by Gasteiger charge is -2.04. The van der Waals surface area contributed by atoms with Crippen LogP contribution < -0.4 is 0 Å². The standard InChI is InChI=1S/C34H56S2.C17H28OS/c1-3-5-7-9-11-13-15-17-19-21-23-31-27-29-35-33(31)25-26-34-32(28-30-36-34)24-22-20-18-16-14-12-10-8-6-4-2;1-2-3-4-5-6-7-8-9-10-11-12-16-13-14-19-17(16)15-18/h25-30H,3-24H2,1-2H3;13-15H,2-12H2,1H3/b26-25+;. The normalized spacial score (nSPS) is 11.4. The van der Waals surface area contributed by atoms with Gasteiger partial charge in [-0.15, -0.1) is 34.0 Å². The third-order valence-electron chi connectivity index (χ3n) is 11.2. The van der Waals surface area contributed by atoms with Crippen LogP contribution in [0.2, 0.25) is 0 Å². The molecule has 3 aromatic rings. The molecule has 0 aliphatic heterocycles. The lowest BCUT2D eigenvalue weighted by Crippen LogP contribution is -1.88. The molecule has 55 heavy (non-hydrogen) atoms. The first-order valence-corrected chi connectivity index (χ1v) is 26.2. The monoisotopic (exact) mass is 809 g/mol. The fourth-order valence-electron chi connectivity index (χ4n) is 7.62. The van der Waals surface area contributed by atoms with E-state index in [0.29, 0.717) is 0 Å². The Labute approximate surface area is 353 Å². The van der Waals surface area contributed by atoms with Crippen molar-refractivity contribution in [2.75, 3.05) is 0 Å². The van der Waals surface area contributed by atoms with E-state index in [0.717, 1.165) is 17.6 Å².